The molecule has 76 valence electrons. The molecule has 1 saturated carbocycles. The van der Waals surface area contributed by atoms with Crippen molar-refractivity contribution in [2.24, 2.45) is 5.73 Å². The average molecular weight is 192 g/mol. The minimum Gasteiger partial charge on any atom is -0.490 e. The lowest BCUT2D eigenvalue weighted by molar-refractivity contribution is 0.101. The van der Waals surface area contributed by atoms with E-state index in [4.69, 9.17) is 10.5 Å². The van der Waals surface area contributed by atoms with Crippen molar-refractivity contribution in [3.05, 3.63) is 24.0 Å². The molecule has 0 amide bonds. The SMILES string of the molecule is CCc1cc(OC2CC(N)C2)ccn1. The largest absolute Gasteiger partial charge is 0.490 e. The van der Waals surface area contributed by atoms with Crippen molar-refractivity contribution in [1.82, 2.24) is 4.98 Å². The molecule has 1 aliphatic carbocycles. The summed E-state index contributed by atoms with van der Waals surface area (Å²) in [5.41, 5.74) is 6.76. The third-order valence-corrected chi connectivity index (χ3v) is 2.58. The molecule has 2 rings (SSSR count). The van der Waals surface area contributed by atoms with Crippen molar-refractivity contribution in [3.63, 3.8) is 0 Å². The van der Waals surface area contributed by atoms with Gasteiger partial charge in [0.25, 0.3) is 0 Å². The Hall–Kier alpha value is -1.09. The van der Waals surface area contributed by atoms with Crippen LogP contribution in [-0.2, 0) is 6.42 Å². The van der Waals surface area contributed by atoms with E-state index in [1.165, 1.54) is 0 Å². The van der Waals surface area contributed by atoms with Crippen LogP contribution in [0.4, 0.5) is 0 Å². The monoisotopic (exact) mass is 192 g/mol. The minimum atomic E-state index is 0.317. The van der Waals surface area contributed by atoms with Crippen LogP contribution in [0.15, 0.2) is 18.3 Å². The van der Waals surface area contributed by atoms with Gasteiger partial charge in [0.1, 0.15) is 11.9 Å². The molecule has 0 spiro atoms. The van der Waals surface area contributed by atoms with Gasteiger partial charge in [-0.15, -0.1) is 0 Å². The summed E-state index contributed by atoms with van der Waals surface area (Å²) >= 11 is 0. The summed E-state index contributed by atoms with van der Waals surface area (Å²) in [7, 11) is 0. The van der Waals surface area contributed by atoms with Crippen LogP contribution in [0.1, 0.15) is 25.5 Å². The summed E-state index contributed by atoms with van der Waals surface area (Å²) in [5, 5.41) is 0. The van der Waals surface area contributed by atoms with E-state index < -0.39 is 0 Å². The van der Waals surface area contributed by atoms with Crippen molar-refractivity contribution >= 4 is 0 Å². The normalized spacial score (nSPS) is 25.6. The first-order valence-corrected chi connectivity index (χ1v) is 5.15. The number of nitrogens with zero attached hydrogens (tertiary/aromatic N) is 1. The number of nitrogens with two attached hydrogens (primary N) is 1. The first kappa shape index (κ1) is 9.46. The van der Waals surface area contributed by atoms with Crippen LogP contribution < -0.4 is 10.5 Å². The molecule has 1 heterocycles. The molecule has 0 bridgehead atoms. The molecule has 14 heavy (non-hydrogen) atoms. The second-order valence-electron chi connectivity index (χ2n) is 3.81. The number of rotatable bonds is 3. The molecule has 1 fully saturated rings. The summed E-state index contributed by atoms with van der Waals surface area (Å²) in [6.45, 7) is 2.09. The van der Waals surface area contributed by atoms with Gasteiger partial charge < -0.3 is 10.5 Å². The third kappa shape index (κ3) is 2.04. The van der Waals surface area contributed by atoms with Gasteiger partial charge in [-0.1, -0.05) is 6.92 Å². The lowest BCUT2D eigenvalue weighted by atomic mass is 9.90. The Kier molecular flexibility index (Phi) is 2.68. The molecule has 2 N–H and O–H groups in total. The fraction of sp³-hybridized carbons (Fsp3) is 0.545. The van der Waals surface area contributed by atoms with E-state index in [0.29, 0.717) is 12.1 Å². The van der Waals surface area contributed by atoms with Gasteiger partial charge >= 0.3 is 0 Å². The number of aromatic nitrogens is 1. The minimum absolute atomic E-state index is 0.317. The molecule has 0 radical (unpaired) electrons. The van der Waals surface area contributed by atoms with Gasteiger partial charge in [0.05, 0.1) is 0 Å². The molecule has 1 aromatic rings. The molecule has 0 aliphatic heterocycles. The Balaban J connectivity index is 1.95. The van der Waals surface area contributed by atoms with Crippen LogP contribution in [0, 0.1) is 0 Å². The number of hydrogen-bond donors (Lipinski definition) is 1. The number of ether oxygens (including phenoxy) is 1. The van der Waals surface area contributed by atoms with E-state index >= 15 is 0 Å². The van der Waals surface area contributed by atoms with Crippen LogP contribution in [-0.4, -0.2) is 17.1 Å². The highest BCUT2D eigenvalue weighted by Gasteiger charge is 2.27. The van der Waals surface area contributed by atoms with Gasteiger partial charge in [0.2, 0.25) is 0 Å². The molecule has 1 aliphatic rings. The maximum absolute atomic E-state index is 5.74. The predicted molar refractivity (Wildman–Crippen MR) is 55.2 cm³/mol. The summed E-state index contributed by atoms with van der Waals surface area (Å²) < 4.78 is 5.74. The maximum Gasteiger partial charge on any atom is 0.123 e. The Morgan fingerprint density at radius 1 is 1.57 bits per heavy atom. The molecule has 0 saturated heterocycles. The highest BCUT2D eigenvalue weighted by molar-refractivity contribution is 5.23. The van der Waals surface area contributed by atoms with E-state index in [0.717, 1.165) is 30.7 Å². The fourth-order valence-electron chi connectivity index (χ4n) is 1.62. The average Bonchev–Trinajstić information content (AvgIpc) is 2.16. The third-order valence-electron chi connectivity index (χ3n) is 2.58. The first-order valence-electron chi connectivity index (χ1n) is 5.15. The van der Waals surface area contributed by atoms with Crippen molar-refractivity contribution in [2.45, 2.75) is 38.3 Å². The summed E-state index contributed by atoms with van der Waals surface area (Å²) in [4.78, 5) is 4.22. The van der Waals surface area contributed by atoms with Crippen molar-refractivity contribution in [3.8, 4) is 5.75 Å². The molecular formula is C11H16N2O. The Morgan fingerprint density at radius 3 is 3.00 bits per heavy atom. The van der Waals surface area contributed by atoms with Crippen LogP contribution in [0.2, 0.25) is 0 Å². The predicted octanol–water partition coefficient (Wildman–Crippen LogP) is 1.51. The van der Waals surface area contributed by atoms with Gasteiger partial charge in [-0.05, 0) is 25.3 Å². The van der Waals surface area contributed by atoms with Gasteiger partial charge in [-0.3, -0.25) is 4.98 Å². The maximum atomic E-state index is 5.74. The van der Waals surface area contributed by atoms with E-state index in [1.807, 2.05) is 12.1 Å². The second-order valence-corrected chi connectivity index (χ2v) is 3.81. The standard InChI is InChI=1S/C11H16N2O/c1-2-9-7-10(3-4-13-9)14-11-5-8(12)6-11/h3-4,7-8,11H,2,5-6,12H2,1H3. The molecule has 1 aromatic heterocycles. The zero-order valence-corrected chi connectivity index (χ0v) is 8.44. The zero-order valence-electron chi connectivity index (χ0n) is 8.44. The Morgan fingerprint density at radius 2 is 2.36 bits per heavy atom. The number of aryl methyl sites for hydroxylation is 1. The highest BCUT2D eigenvalue weighted by Crippen LogP contribution is 2.24. The number of pyridine rings is 1. The van der Waals surface area contributed by atoms with E-state index in [2.05, 4.69) is 11.9 Å². The van der Waals surface area contributed by atoms with E-state index in [1.54, 1.807) is 6.20 Å². The first-order chi connectivity index (χ1) is 6.78. The van der Waals surface area contributed by atoms with Crippen molar-refractivity contribution in [2.75, 3.05) is 0 Å². The van der Waals surface area contributed by atoms with Crippen molar-refractivity contribution < 1.29 is 4.74 Å². The molecular weight excluding hydrogens is 176 g/mol. The van der Waals surface area contributed by atoms with Crippen molar-refractivity contribution in [1.29, 1.82) is 0 Å². The van der Waals surface area contributed by atoms with E-state index in [-0.39, 0.29) is 0 Å². The lowest BCUT2D eigenvalue weighted by Crippen LogP contribution is -2.43. The van der Waals surface area contributed by atoms with Gasteiger partial charge in [0.15, 0.2) is 0 Å². The smallest absolute Gasteiger partial charge is 0.123 e. The van der Waals surface area contributed by atoms with Crippen LogP contribution in [0.5, 0.6) is 5.75 Å². The lowest BCUT2D eigenvalue weighted by Gasteiger charge is -2.32. The van der Waals surface area contributed by atoms with Gasteiger partial charge in [-0.25, -0.2) is 0 Å². The van der Waals surface area contributed by atoms with Gasteiger partial charge in [0, 0.05) is 24.0 Å². The fourth-order valence-corrected chi connectivity index (χ4v) is 1.62. The quantitative estimate of drug-likeness (QED) is 0.789. The second kappa shape index (κ2) is 3.96. The summed E-state index contributed by atoms with van der Waals surface area (Å²) in [5.74, 6) is 0.925. The van der Waals surface area contributed by atoms with Crippen LogP contribution >= 0.6 is 0 Å². The number of hydrogen-bond acceptors (Lipinski definition) is 3. The summed E-state index contributed by atoms with van der Waals surface area (Å²) in [6, 6.07) is 4.25. The van der Waals surface area contributed by atoms with Crippen LogP contribution in [0.25, 0.3) is 0 Å². The summed E-state index contributed by atoms with van der Waals surface area (Å²) in [6.07, 6.45) is 5.01. The molecule has 0 aromatic carbocycles. The molecule has 3 nitrogen and oxygen atoms in total. The van der Waals surface area contributed by atoms with E-state index in [9.17, 15) is 0 Å². The molecule has 0 atom stereocenters. The zero-order chi connectivity index (χ0) is 9.97. The van der Waals surface area contributed by atoms with Crippen LogP contribution in [0.3, 0.4) is 0 Å². The van der Waals surface area contributed by atoms with Gasteiger partial charge in [-0.2, -0.15) is 0 Å². The molecule has 3 heteroatoms. The Labute approximate surface area is 84.3 Å². The molecule has 0 unspecified atom stereocenters. The highest BCUT2D eigenvalue weighted by atomic mass is 16.5. The topological polar surface area (TPSA) is 48.1 Å². The Bertz CT molecular complexity index is 308.